The second-order valence-corrected chi connectivity index (χ2v) is 13.0. The molecule has 13 nitrogen and oxygen atoms in total. The number of amides is 3. The van der Waals surface area contributed by atoms with Crippen molar-refractivity contribution >= 4 is 29.4 Å². The molecule has 0 radical (unpaired) electrons. The summed E-state index contributed by atoms with van der Waals surface area (Å²) in [4.78, 5) is 39.2. The van der Waals surface area contributed by atoms with E-state index in [1.54, 1.807) is 6.07 Å². The van der Waals surface area contributed by atoms with Crippen LogP contribution in [0.2, 0.25) is 0 Å². The summed E-state index contributed by atoms with van der Waals surface area (Å²) in [5.74, 6) is 1.39. The Morgan fingerprint density at radius 2 is 1.74 bits per heavy atom. The molecule has 4 aromatic rings. The van der Waals surface area contributed by atoms with Crippen LogP contribution < -0.4 is 25.6 Å². The number of benzene rings is 1. The predicted molar refractivity (Wildman–Crippen MR) is 182 cm³/mol. The summed E-state index contributed by atoms with van der Waals surface area (Å²) >= 11 is 0. The molecule has 3 heterocycles. The third-order valence-corrected chi connectivity index (χ3v) is 8.21. The van der Waals surface area contributed by atoms with Crippen molar-refractivity contribution in [3.8, 4) is 5.75 Å². The third-order valence-electron chi connectivity index (χ3n) is 8.21. The molecule has 2 atom stereocenters. The molecular weight excluding hydrogens is 596 g/mol. The maximum atomic E-state index is 13.3. The molecule has 0 aliphatic heterocycles. The molecule has 3 aromatic heterocycles. The Labute approximate surface area is 276 Å². The number of fused-ring (bicyclic) bond motifs is 2. The Hall–Kier alpha value is -4.78. The van der Waals surface area contributed by atoms with Crippen LogP contribution in [0, 0.1) is 0 Å². The van der Waals surface area contributed by atoms with E-state index in [1.165, 1.54) is 0 Å². The molecule has 0 fully saturated rings. The molecule has 13 heteroatoms. The van der Waals surface area contributed by atoms with E-state index in [-0.39, 0.29) is 35.1 Å². The fourth-order valence-corrected chi connectivity index (χ4v) is 5.62. The lowest BCUT2D eigenvalue weighted by Gasteiger charge is -2.32. The van der Waals surface area contributed by atoms with Crippen molar-refractivity contribution in [2.75, 3.05) is 50.5 Å². The molecule has 1 aliphatic carbocycles. The number of urea groups is 1. The Morgan fingerprint density at radius 3 is 2.45 bits per heavy atom. The van der Waals surface area contributed by atoms with Crippen LogP contribution in [-0.2, 0) is 5.41 Å². The molecular formula is C34H46N10O3. The molecule has 3 amide bonds. The van der Waals surface area contributed by atoms with Crippen LogP contribution in [0.3, 0.4) is 0 Å². The second kappa shape index (κ2) is 14.3. The van der Waals surface area contributed by atoms with Gasteiger partial charge in [-0.3, -0.25) is 14.5 Å². The van der Waals surface area contributed by atoms with Crippen molar-refractivity contribution < 1.29 is 14.3 Å². The second-order valence-electron chi connectivity index (χ2n) is 13.0. The van der Waals surface area contributed by atoms with E-state index in [0.717, 1.165) is 41.6 Å². The predicted octanol–water partition coefficient (Wildman–Crippen LogP) is 4.73. The van der Waals surface area contributed by atoms with Gasteiger partial charge in [-0.05, 0) is 64.0 Å². The van der Waals surface area contributed by atoms with Gasteiger partial charge in [0.2, 0.25) is 11.8 Å². The highest BCUT2D eigenvalue weighted by Gasteiger charge is 2.30. The number of ether oxygens (including phenoxy) is 1. The summed E-state index contributed by atoms with van der Waals surface area (Å²) in [5, 5.41) is 17.5. The van der Waals surface area contributed by atoms with E-state index in [0.29, 0.717) is 31.6 Å². The summed E-state index contributed by atoms with van der Waals surface area (Å²) < 4.78 is 8.51. The van der Waals surface area contributed by atoms with Gasteiger partial charge in [-0.2, -0.15) is 0 Å². The quantitative estimate of drug-likeness (QED) is 0.212. The summed E-state index contributed by atoms with van der Waals surface area (Å²) in [7, 11) is 3.87. The lowest BCUT2D eigenvalue weighted by atomic mass is 9.85. The van der Waals surface area contributed by atoms with Crippen molar-refractivity contribution in [2.24, 2.45) is 0 Å². The van der Waals surface area contributed by atoms with Crippen molar-refractivity contribution in [1.82, 2.24) is 40.1 Å². The first-order valence-electron chi connectivity index (χ1n) is 16.2. The Balaban J connectivity index is 1.30. The minimum Gasteiger partial charge on any atom is -0.484 e. The third kappa shape index (κ3) is 7.97. The van der Waals surface area contributed by atoms with E-state index in [1.807, 2.05) is 86.8 Å². The van der Waals surface area contributed by atoms with Crippen molar-refractivity contribution in [3.63, 3.8) is 0 Å². The summed E-state index contributed by atoms with van der Waals surface area (Å²) in [6, 6.07) is 12.9. The van der Waals surface area contributed by atoms with Crippen LogP contribution in [0.4, 0.5) is 16.6 Å². The van der Waals surface area contributed by atoms with Gasteiger partial charge in [0.25, 0.3) is 5.91 Å². The van der Waals surface area contributed by atoms with Gasteiger partial charge in [-0.15, -0.1) is 10.2 Å². The molecule has 0 saturated heterocycles. The van der Waals surface area contributed by atoms with E-state index < -0.39 is 6.03 Å². The zero-order valence-corrected chi connectivity index (χ0v) is 28.4. The maximum absolute atomic E-state index is 13.3. The maximum Gasteiger partial charge on any atom is 0.320 e. The largest absolute Gasteiger partial charge is 0.484 e. The minimum absolute atomic E-state index is 0.0170. The average Bonchev–Trinajstić information content (AvgIpc) is 3.45. The molecule has 3 N–H and O–H groups in total. The van der Waals surface area contributed by atoms with Gasteiger partial charge in [-0.1, -0.05) is 45.0 Å². The van der Waals surface area contributed by atoms with E-state index in [2.05, 4.69) is 54.9 Å². The van der Waals surface area contributed by atoms with Crippen LogP contribution >= 0.6 is 0 Å². The number of aromatic nitrogens is 5. The number of likely N-dealkylation sites (N-methyl/N-ethyl adjacent to an activating group) is 1. The van der Waals surface area contributed by atoms with E-state index in [9.17, 15) is 9.59 Å². The summed E-state index contributed by atoms with van der Waals surface area (Å²) in [6.07, 6.45) is 3.12. The number of carbonyl (C=O) groups is 2. The highest BCUT2D eigenvalue weighted by Crippen LogP contribution is 2.39. The van der Waals surface area contributed by atoms with Crippen LogP contribution in [0.25, 0.3) is 5.65 Å². The van der Waals surface area contributed by atoms with Gasteiger partial charge >= 0.3 is 6.03 Å². The Morgan fingerprint density at radius 1 is 1.00 bits per heavy atom. The number of pyridine rings is 1. The Bertz CT molecular complexity index is 1710. The van der Waals surface area contributed by atoms with E-state index >= 15 is 0 Å². The summed E-state index contributed by atoms with van der Waals surface area (Å²) in [6.45, 7) is 13.0. The van der Waals surface area contributed by atoms with Gasteiger partial charge < -0.3 is 25.2 Å². The van der Waals surface area contributed by atoms with Crippen LogP contribution in [0.5, 0.6) is 5.75 Å². The first kappa shape index (κ1) is 33.6. The fourth-order valence-electron chi connectivity index (χ4n) is 5.62. The first-order valence-corrected chi connectivity index (χ1v) is 16.2. The highest BCUT2D eigenvalue weighted by molar-refractivity contribution is 5.92. The zero-order valence-electron chi connectivity index (χ0n) is 28.4. The van der Waals surface area contributed by atoms with Gasteiger partial charge in [0.15, 0.2) is 5.65 Å². The molecule has 0 unspecified atom stereocenters. The molecule has 0 spiro atoms. The number of hydrogen-bond donors (Lipinski definition) is 3. The molecule has 0 saturated carbocycles. The van der Waals surface area contributed by atoms with Crippen molar-refractivity contribution in [3.05, 3.63) is 71.3 Å². The van der Waals surface area contributed by atoms with Crippen molar-refractivity contribution in [2.45, 2.75) is 65.0 Å². The van der Waals surface area contributed by atoms with Crippen LogP contribution in [-0.4, -0.2) is 81.7 Å². The standard InChI is InChI=1S/C34H46N10O3/c1-8-43(9-2)33-41-40-29-17-14-22(21-44(29)33)47-26-16-15-25(23-12-10-11-13-24(23)26)36-32(46)39-28-20-27(34(3,4)5)37-30(38-28)31(45)35-18-19-42(6)7/h10-14,17,20-21,25-26H,8-9,15-16,18-19H2,1-7H3,(H,35,45)(H2,36,37,38,39,46)/t25-,26+/m0/s1. The lowest BCUT2D eigenvalue weighted by Crippen LogP contribution is -2.36. The molecule has 1 aromatic carbocycles. The number of anilines is 2. The molecule has 250 valence electrons. The fraction of sp³-hybridized carbons (Fsp3) is 0.471. The monoisotopic (exact) mass is 642 g/mol. The van der Waals surface area contributed by atoms with E-state index in [4.69, 9.17) is 4.74 Å². The lowest BCUT2D eigenvalue weighted by molar-refractivity contribution is 0.0940. The van der Waals surface area contributed by atoms with Crippen molar-refractivity contribution in [1.29, 1.82) is 0 Å². The molecule has 1 aliphatic rings. The smallest absolute Gasteiger partial charge is 0.320 e. The average molecular weight is 643 g/mol. The Kier molecular flexibility index (Phi) is 10.2. The van der Waals surface area contributed by atoms with Crippen LogP contribution in [0.15, 0.2) is 48.7 Å². The van der Waals surface area contributed by atoms with Gasteiger partial charge in [0, 0.05) is 37.7 Å². The highest BCUT2D eigenvalue weighted by atomic mass is 16.5. The van der Waals surface area contributed by atoms with Gasteiger partial charge in [-0.25, -0.2) is 14.8 Å². The van der Waals surface area contributed by atoms with Crippen LogP contribution in [0.1, 0.15) is 87.0 Å². The minimum atomic E-state index is -0.413. The number of nitrogens with one attached hydrogen (secondary N) is 3. The number of carbonyl (C=O) groups excluding carboxylic acids is 2. The molecule has 47 heavy (non-hydrogen) atoms. The number of hydrogen-bond acceptors (Lipinski definition) is 9. The normalized spacial score (nSPS) is 16.1. The SMILES string of the molecule is CCN(CC)c1nnc2ccc(O[C@@H]3CC[C@H](NC(=O)Nc4cc(C(C)(C)C)nc(C(=O)NCCN(C)C)n4)c4ccccc43)cn12. The topological polar surface area (TPSA) is 142 Å². The van der Waals surface area contributed by atoms with Gasteiger partial charge in [0.1, 0.15) is 17.7 Å². The molecule has 5 rings (SSSR count). The number of rotatable bonds is 11. The number of nitrogens with zero attached hydrogens (tertiary/aromatic N) is 7. The van der Waals surface area contributed by atoms with Gasteiger partial charge in [0.05, 0.1) is 17.9 Å². The molecule has 0 bridgehead atoms. The first-order chi connectivity index (χ1) is 22.5. The zero-order chi connectivity index (χ0) is 33.7. The summed E-state index contributed by atoms with van der Waals surface area (Å²) in [5.41, 5.74) is 3.06.